The van der Waals surface area contributed by atoms with Gasteiger partial charge < -0.3 is 5.73 Å². The van der Waals surface area contributed by atoms with Gasteiger partial charge in [0.15, 0.2) is 5.78 Å². The standard InChI is InChI=1S/C12H12N2O4/c13-11(16)12(4-5-12)7-10(15)8-2-1-3-9(6-8)14(17)18/h1-3,6H,4-5,7H2,(H2,13,16). The number of nitrogens with two attached hydrogens (primary N) is 1. The van der Waals surface area contributed by atoms with Crippen LogP contribution in [0.2, 0.25) is 0 Å². The summed E-state index contributed by atoms with van der Waals surface area (Å²) >= 11 is 0. The van der Waals surface area contributed by atoms with Crippen molar-refractivity contribution in [2.75, 3.05) is 0 Å². The van der Waals surface area contributed by atoms with Crippen molar-refractivity contribution < 1.29 is 14.5 Å². The number of ketones is 1. The molecule has 0 unspecified atom stereocenters. The summed E-state index contributed by atoms with van der Waals surface area (Å²) in [6.07, 6.45) is 1.26. The minimum atomic E-state index is -0.721. The molecule has 0 bridgehead atoms. The highest BCUT2D eigenvalue weighted by Crippen LogP contribution is 2.49. The third kappa shape index (κ3) is 2.22. The van der Waals surface area contributed by atoms with Gasteiger partial charge in [-0.05, 0) is 12.8 Å². The van der Waals surface area contributed by atoms with Gasteiger partial charge in [0.1, 0.15) is 0 Å². The molecule has 1 saturated carbocycles. The van der Waals surface area contributed by atoms with Crippen molar-refractivity contribution in [3.8, 4) is 0 Å². The number of amides is 1. The second-order valence-corrected chi connectivity index (χ2v) is 4.55. The quantitative estimate of drug-likeness (QED) is 0.483. The Balaban J connectivity index is 2.17. The van der Waals surface area contributed by atoms with Crippen molar-refractivity contribution in [1.29, 1.82) is 0 Å². The van der Waals surface area contributed by atoms with E-state index in [1.165, 1.54) is 24.3 Å². The first-order valence-corrected chi connectivity index (χ1v) is 5.52. The third-order valence-electron chi connectivity index (χ3n) is 3.25. The molecule has 0 aromatic heterocycles. The number of primary amides is 1. The van der Waals surface area contributed by atoms with Crippen molar-refractivity contribution in [2.45, 2.75) is 19.3 Å². The third-order valence-corrected chi connectivity index (χ3v) is 3.25. The van der Waals surface area contributed by atoms with Crippen LogP contribution < -0.4 is 5.73 Å². The summed E-state index contributed by atoms with van der Waals surface area (Å²) in [6.45, 7) is 0. The Morgan fingerprint density at radius 3 is 2.56 bits per heavy atom. The summed E-state index contributed by atoms with van der Waals surface area (Å²) in [5.41, 5.74) is 4.63. The lowest BCUT2D eigenvalue weighted by atomic mass is 9.95. The summed E-state index contributed by atoms with van der Waals surface area (Å²) < 4.78 is 0. The van der Waals surface area contributed by atoms with Crippen LogP contribution in [0, 0.1) is 15.5 Å². The van der Waals surface area contributed by atoms with Crippen LogP contribution in [0.3, 0.4) is 0 Å². The Bertz CT molecular complexity index is 535. The second kappa shape index (κ2) is 4.21. The first kappa shape index (κ1) is 12.2. The van der Waals surface area contributed by atoms with Crippen LogP contribution in [0.5, 0.6) is 0 Å². The number of Topliss-reactive ketones (excluding diaryl/α,β-unsaturated/α-hetero) is 1. The van der Waals surface area contributed by atoms with Crippen LogP contribution >= 0.6 is 0 Å². The molecule has 18 heavy (non-hydrogen) atoms. The van der Waals surface area contributed by atoms with Gasteiger partial charge in [0.25, 0.3) is 5.69 Å². The molecule has 0 radical (unpaired) electrons. The van der Waals surface area contributed by atoms with E-state index >= 15 is 0 Å². The first-order valence-electron chi connectivity index (χ1n) is 5.52. The van der Waals surface area contributed by atoms with Gasteiger partial charge in [0.2, 0.25) is 5.91 Å². The molecule has 94 valence electrons. The number of nitro groups is 1. The van der Waals surface area contributed by atoms with Gasteiger partial charge in [-0.2, -0.15) is 0 Å². The Labute approximate surface area is 103 Å². The van der Waals surface area contributed by atoms with Gasteiger partial charge in [0, 0.05) is 24.1 Å². The molecular formula is C12H12N2O4. The van der Waals surface area contributed by atoms with Crippen LogP contribution in [0.25, 0.3) is 0 Å². The minimum absolute atomic E-state index is 0.0313. The molecule has 6 nitrogen and oxygen atoms in total. The highest BCUT2D eigenvalue weighted by atomic mass is 16.6. The summed E-state index contributed by atoms with van der Waals surface area (Å²) in [5.74, 6) is -0.753. The van der Waals surface area contributed by atoms with Crippen molar-refractivity contribution in [1.82, 2.24) is 0 Å². The summed E-state index contributed by atoms with van der Waals surface area (Å²) in [7, 11) is 0. The van der Waals surface area contributed by atoms with Crippen molar-refractivity contribution in [2.24, 2.45) is 11.1 Å². The Hall–Kier alpha value is -2.24. The molecule has 0 aliphatic heterocycles. The number of hydrogen-bond donors (Lipinski definition) is 1. The van der Waals surface area contributed by atoms with Crippen LogP contribution in [0.15, 0.2) is 24.3 Å². The van der Waals surface area contributed by atoms with Gasteiger partial charge in [-0.1, -0.05) is 12.1 Å². The summed E-state index contributed by atoms with van der Waals surface area (Å²) in [5, 5.41) is 10.6. The maximum atomic E-state index is 11.9. The number of hydrogen-bond acceptors (Lipinski definition) is 4. The normalized spacial score (nSPS) is 16.0. The zero-order valence-corrected chi connectivity index (χ0v) is 9.59. The van der Waals surface area contributed by atoms with E-state index in [1.807, 2.05) is 0 Å². The van der Waals surface area contributed by atoms with Crippen molar-refractivity contribution in [3.05, 3.63) is 39.9 Å². The smallest absolute Gasteiger partial charge is 0.270 e. The number of rotatable bonds is 5. The van der Waals surface area contributed by atoms with Crippen LogP contribution in [-0.2, 0) is 4.79 Å². The average Bonchev–Trinajstić information content (AvgIpc) is 3.10. The number of carbonyl (C=O) groups excluding carboxylic acids is 2. The zero-order valence-electron chi connectivity index (χ0n) is 9.59. The van der Waals surface area contributed by atoms with E-state index in [0.29, 0.717) is 12.8 Å². The van der Waals surface area contributed by atoms with Gasteiger partial charge in [0.05, 0.1) is 10.3 Å². The van der Waals surface area contributed by atoms with E-state index in [0.717, 1.165) is 0 Å². The Morgan fingerprint density at radius 2 is 2.06 bits per heavy atom. The Kier molecular flexibility index (Phi) is 2.86. The molecule has 0 heterocycles. The lowest BCUT2D eigenvalue weighted by molar-refractivity contribution is -0.384. The van der Waals surface area contributed by atoms with Gasteiger partial charge in [-0.3, -0.25) is 19.7 Å². The first-order chi connectivity index (χ1) is 8.44. The zero-order chi connectivity index (χ0) is 13.3. The largest absolute Gasteiger partial charge is 0.369 e. The lowest BCUT2D eigenvalue weighted by Crippen LogP contribution is -2.27. The van der Waals surface area contributed by atoms with E-state index in [2.05, 4.69) is 0 Å². The molecule has 0 spiro atoms. The average molecular weight is 248 g/mol. The fourth-order valence-corrected chi connectivity index (χ4v) is 1.86. The Morgan fingerprint density at radius 1 is 1.39 bits per heavy atom. The fourth-order valence-electron chi connectivity index (χ4n) is 1.86. The SMILES string of the molecule is NC(=O)C1(CC(=O)c2cccc([N+](=O)[O-])c2)CC1. The van der Waals surface area contributed by atoms with Crippen LogP contribution in [0.1, 0.15) is 29.6 Å². The topological polar surface area (TPSA) is 103 Å². The molecule has 1 aliphatic carbocycles. The van der Waals surface area contributed by atoms with E-state index in [1.54, 1.807) is 0 Å². The second-order valence-electron chi connectivity index (χ2n) is 4.55. The monoisotopic (exact) mass is 248 g/mol. The number of benzene rings is 1. The number of carbonyl (C=O) groups is 2. The molecule has 0 saturated heterocycles. The number of non-ortho nitro benzene ring substituents is 1. The molecule has 1 aromatic rings. The summed E-state index contributed by atoms with van der Waals surface area (Å²) in [4.78, 5) is 33.2. The van der Waals surface area contributed by atoms with Gasteiger partial charge >= 0.3 is 0 Å². The van der Waals surface area contributed by atoms with E-state index < -0.39 is 16.2 Å². The van der Waals surface area contributed by atoms with E-state index in [-0.39, 0.29) is 23.5 Å². The molecule has 6 heteroatoms. The number of nitrogens with zero attached hydrogens (tertiary/aromatic N) is 1. The van der Waals surface area contributed by atoms with Crippen molar-refractivity contribution >= 4 is 17.4 Å². The maximum Gasteiger partial charge on any atom is 0.270 e. The predicted molar refractivity (Wildman–Crippen MR) is 62.9 cm³/mol. The van der Waals surface area contributed by atoms with Gasteiger partial charge in [-0.25, -0.2) is 0 Å². The minimum Gasteiger partial charge on any atom is -0.369 e. The predicted octanol–water partition coefficient (Wildman–Crippen LogP) is 1.43. The maximum absolute atomic E-state index is 11.9. The number of nitro benzene ring substituents is 1. The lowest BCUT2D eigenvalue weighted by Gasteiger charge is -2.09. The van der Waals surface area contributed by atoms with Crippen molar-refractivity contribution in [3.63, 3.8) is 0 Å². The molecule has 0 atom stereocenters. The van der Waals surface area contributed by atoms with E-state index in [4.69, 9.17) is 5.73 Å². The molecule has 1 amide bonds. The van der Waals surface area contributed by atoms with E-state index in [9.17, 15) is 19.7 Å². The molecule has 1 aromatic carbocycles. The highest BCUT2D eigenvalue weighted by molar-refractivity contribution is 6.00. The van der Waals surface area contributed by atoms with Gasteiger partial charge in [-0.15, -0.1) is 0 Å². The molecule has 2 rings (SSSR count). The van der Waals surface area contributed by atoms with Crippen LogP contribution in [-0.4, -0.2) is 16.6 Å². The molecule has 1 fully saturated rings. The summed E-state index contributed by atoms with van der Waals surface area (Å²) in [6, 6.07) is 5.50. The fraction of sp³-hybridized carbons (Fsp3) is 0.333. The molecule has 2 N–H and O–H groups in total. The molecule has 1 aliphatic rings. The highest BCUT2D eigenvalue weighted by Gasteiger charge is 2.49. The molecular weight excluding hydrogens is 236 g/mol. The van der Waals surface area contributed by atoms with Crippen LogP contribution in [0.4, 0.5) is 5.69 Å².